The zero-order chi connectivity index (χ0) is 49.5. The van der Waals surface area contributed by atoms with Crippen molar-refractivity contribution in [3.05, 3.63) is 0 Å². The van der Waals surface area contributed by atoms with Gasteiger partial charge in [0.15, 0.2) is 0 Å². The molecule has 0 aromatic carbocycles. The lowest BCUT2D eigenvalue weighted by molar-refractivity contribution is -0.0616. The highest BCUT2D eigenvalue weighted by molar-refractivity contribution is 4.59. The number of hydrogen-bond donors (Lipinski definition) is 0. The van der Waals surface area contributed by atoms with Crippen molar-refractivity contribution >= 4 is 0 Å². The van der Waals surface area contributed by atoms with E-state index in [1.807, 2.05) is 0 Å². The second kappa shape index (κ2) is 65.9. The maximum absolute atomic E-state index is 6.41. The first kappa shape index (κ1) is 68.9. The molecule has 0 unspecified atom stereocenters. The Bertz CT molecular complexity index is 800. The summed E-state index contributed by atoms with van der Waals surface area (Å²) in [5.41, 5.74) is 0. The molecule has 0 radical (unpaired) electrons. The summed E-state index contributed by atoms with van der Waals surface area (Å²) in [4.78, 5) is 0. The summed E-state index contributed by atoms with van der Waals surface area (Å²) >= 11 is 0. The number of hydrogen-bond acceptors (Lipinski definition) is 3. The van der Waals surface area contributed by atoms with Crippen LogP contribution in [0.2, 0.25) is 0 Å². The molecule has 0 aromatic rings. The van der Waals surface area contributed by atoms with Gasteiger partial charge in [-0.3, -0.25) is 0 Å². The minimum atomic E-state index is 0.0844. The van der Waals surface area contributed by atoms with Crippen molar-refractivity contribution in [1.82, 2.24) is 0 Å². The van der Waals surface area contributed by atoms with Crippen LogP contribution in [0.25, 0.3) is 0 Å². The third kappa shape index (κ3) is 63.9. The van der Waals surface area contributed by atoms with Crippen LogP contribution in [-0.2, 0) is 14.2 Å². The van der Waals surface area contributed by atoms with E-state index in [9.17, 15) is 0 Å². The maximum Gasteiger partial charge on any atom is 0.104 e. The average Bonchev–Trinajstić information content (AvgIpc) is 3.36. The van der Waals surface area contributed by atoms with Gasteiger partial charge >= 0.3 is 0 Å². The predicted molar refractivity (Wildman–Crippen MR) is 312 cm³/mol. The molecule has 0 saturated carbocycles. The monoisotopic (exact) mass is 975 g/mol. The molecule has 3 heteroatoms. The molecule has 69 heavy (non-hydrogen) atoms. The number of rotatable bonds is 65. The summed E-state index contributed by atoms with van der Waals surface area (Å²) in [6.07, 6.45) is 81.1. The molecule has 0 bridgehead atoms. The largest absolute Gasteiger partial charge is 0.379 e. The quantitative estimate of drug-likeness (QED) is 0.0569. The summed E-state index contributed by atoms with van der Waals surface area (Å²) in [7, 11) is 0. The predicted octanol–water partition coefficient (Wildman–Crippen LogP) is 23.7. The highest BCUT2D eigenvalue weighted by Gasteiger charge is 2.10. The first-order valence-electron chi connectivity index (χ1n) is 33.1. The van der Waals surface area contributed by atoms with Crippen LogP contribution in [-0.4, -0.2) is 39.1 Å². The van der Waals surface area contributed by atoms with Crippen LogP contribution in [0, 0.1) is 0 Å². The van der Waals surface area contributed by atoms with Gasteiger partial charge in [-0.15, -0.1) is 0 Å². The molecule has 0 aliphatic heterocycles. The van der Waals surface area contributed by atoms with Gasteiger partial charge in [0, 0.05) is 19.8 Å². The molecule has 0 amide bonds. The van der Waals surface area contributed by atoms with Crippen molar-refractivity contribution in [2.75, 3.05) is 33.0 Å². The Kier molecular flexibility index (Phi) is 65.8. The highest BCUT2D eigenvalue weighted by Crippen LogP contribution is 2.18. The first-order chi connectivity index (χ1) is 34.3. The lowest BCUT2D eigenvalue weighted by Crippen LogP contribution is -2.26. The van der Waals surface area contributed by atoms with Crippen molar-refractivity contribution in [3.8, 4) is 0 Å². The van der Waals surface area contributed by atoms with Gasteiger partial charge in [-0.05, 0) is 19.3 Å². The fourth-order valence-corrected chi connectivity index (χ4v) is 10.6. The smallest absolute Gasteiger partial charge is 0.104 e. The summed E-state index contributed by atoms with van der Waals surface area (Å²) in [5, 5.41) is 0. The second-order valence-corrected chi connectivity index (χ2v) is 22.7. The molecule has 0 atom stereocenters. The third-order valence-corrected chi connectivity index (χ3v) is 15.5. The van der Waals surface area contributed by atoms with E-state index in [2.05, 4.69) is 20.8 Å². The van der Waals surface area contributed by atoms with Crippen LogP contribution in [0.1, 0.15) is 387 Å². The minimum absolute atomic E-state index is 0.0844. The van der Waals surface area contributed by atoms with Crippen molar-refractivity contribution in [1.29, 1.82) is 0 Å². The van der Waals surface area contributed by atoms with Gasteiger partial charge in [0.2, 0.25) is 0 Å². The van der Waals surface area contributed by atoms with Crippen molar-refractivity contribution < 1.29 is 14.2 Å². The van der Waals surface area contributed by atoms with Crippen LogP contribution in [0.4, 0.5) is 0 Å². The molecular formula is C66H134O3. The van der Waals surface area contributed by atoms with E-state index in [-0.39, 0.29) is 6.10 Å². The van der Waals surface area contributed by atoms with E-state index in [1.54, 1.807) is 0 Å². The Balaban J connectivity index is 3.98. The standard InChI is InChI=1S/C66H134O3/c1-4-7-10-13-16-19-22-25-28-31-34-37-40-43-46-49-52-55-58-61-67-64-66(69-63-60-57-54-51-48-45-42-39-36-33-30-27-24-21-18-15-12-9-6-3)65-68-62-59-56-53-50-47-44-41-38-35-32-29-26-23-20-17-14-11-8-5-2/h66H,4-65H2,1-3H3. The van der Waals surface area contributed by atoms with Crippen molar-refractivity contribution in [2.45, 2.75) is 393 Å². The lowest BCUT2D eigenvalue weighted by atomic mass is 10.0. The van der Waals surface area contributed by atoms with E-state index in [4.69, 9.17) is 14.2 Å². The van der Waals surface area contributed by atoms with Crippen LogP contribution < -0.4 is 0 Å². The second-order valence-electron chi connectivity index (χ2n) is 22.7. The summed E-state index contributed by atoms with van der Waals surface area (Å²) in [6, 6.07) is 0. The van der Waals surface area contributed by atoms with Crippen LogP contribution in [0.5, 0.6) is 0 Å². The molecule has 0 aliphatic rings. The Hall–Kier alpha value is -0.120. The molecule has 3 nitrogen and oxygen atoms in total. The Morgan fingerprint density at radius 1 is 0.174 bits per heavy atom. The Labute approximate surface area is 438 Å². The first-order valence-corrected chi connectivity index (χ1v) is 33.1. The lowest BCUT2D eigenvalue weighted by Gasteiger charge is -2.18. The van der Waals surface area contributed by atoms with E-state index >= 15 is 0 Å². The van der Waals surface area contributed by atoms with Gasteiger partial charge in [0.1, 0.15) is 6.10 Å². The molecule has 0 heterocycles. The van der Waals surface area contributed by atoms with Gasteiger partial charge in [-0.1, -0.05) is 367 Å². The van der Waals surface area contributed by atoms with E-state index < -0.39 is 0 Å². The molecular weight excluding hydrogens is 841 g/mol. The highest BCUT2D eigenvalue weighted by atomic mass is 16.6. The fraction of sp³-hybridized carbons (Fsp3) is 1.00. The summed E-state index contributed by atoms with van der Waals surface area (Å²) < 4.78 is 18.8. The van der Waals surface area contributed by atoms with Gasteiger partial charge in [0.25, 0.3) is 0 Å². The summed E-state index contributed by atoms with van der Waals surface area (Å²) in [6.45, 7) is 10.9. The van der Waals surface area contributed by atoms with Crippen molar-refractivity contribution in [3.63, 3.8) is 0 Å². The molecule has 0 aromatic heterocycles. The molecule has 0 saturated heterocycles. The fourth-order valence-electron chi connectivity index (χ4n) is 10.6. The molecule has 416 valence electrons. The number of ether oxygens (including phenoxy) is 3. The minimum Gasteiger partial charge on any atom is -0.379 e. The third-order valence-electron chi connectivity index (χ3n) is 15.5. The van der Waals surface area contributed by atoms with Crippen molar-refractivity contribution in [2.24, 2.45) is 0 Å². The average molecular weight is 976 g/mol. The molecule has 0 fully saturated rings. The normalized spacial score (nSPS) is 11.8. The molecule has 0 rings (SSSR count). The van der Waals surface area contributed by atoms with Crippen LogP contribution in [0.3, 0.4) is 0 Å². The van der Waals surface area contributed by atoms with Crippen LogP contribution in [0.15, 0.2) is 0 Å². The zero-order valence-corrected chi connectivity index (χ0v) is 48.6. The van der Waals surface area contributed by atoms with E-state index in [1.165, 1.54) is 366 Å². The Morgan fingerprint density at radius 3 is 0.493 bits per heavy atom. The summed E-state index contributed by atoms with van der Waals surface area (Å²) in [5.74, 6) is 0. The van der Waals surface area contributed by atoms with Gasteiger partial charge in [-0.2, -0.15) is 0 Å². The topological polar surface area (TPSA) is 27.7 Å². The molecule has 0 aliphatic carbocycles. The maximum atomic E-state index is 6.41. The van der Waals surface area contributed by atoms with Crippen LogP contribution >= 0.6 is 0 Å². The van der Waals surface area contributed by atoms with Gasteiger partial charge in [-0.25, -0.2) is 0 Å². The molecule has 0 spiro atoms. The number of unbranched alkanes of at least 4 members (excludes halogenated alkanes) is 54. The SMILES string of the molecule is CCCCCCCCCCCCCCCCCCCCCOCC(COCCCCCCCCCCCCCCCCCCCCC)OCCCCCCCCCCCCCCCCCCCCC. The van der Waals surface area contributed by atoms with Gasteiger partial charge < -0.3 is 14.2 Å². The van der Waals surface area contributed by atoms with E-state index in [0.29, 0.717) is 13.2 Å². The van der Waals surface area contributed by atoms with E-state index in [0.717, 1.165) is 19.8 Å². The molecule has 0 N–H and O–H groups in total. The zero-order valence-electron chi connectivity index (χ0n) is 48.6. The van der Waals surface area contributed by atoms with Gasteiger partial charge in [0.05, 0.1) is 13.2 Å². The Morgan fingerprint density at radius 2 is 0.319 bits per heavy atom.